The zero-order valence-corrected chi connectivity index (χ0v) is 14.3. The number of nitrogens with zero attached hydrogens (tertiary/aromatic N) is 2. The molecule has 2 heterocycles. The average Bonchev–Trinajstić information content (AvgIpc) is 3.08. The largest absolute Gasteiger partial charge is 0.493 e. The normalized spacial score (nSPS) is 15.5. The first-order valence-electron chi connectivity index (χ1n) is 7.51. The predicted octanol–water partition coefficient (Wildman–Crippen LogP) is 1.43. The highest BCUT2D eigenvalue weighted by atomic mass is 16.5. The molecule has 1 aromatic carbocycles. The van der Waals surface area contributed by atoms with E-state index in [2.05, 4.69) is 10.2 Å². The van der Waals surface area contributed by atoms with Gasteiger partial charge in [-0.3, -0.25) is 5.10 Å². The molecule has 0 saturated carbocycles. The van der Waals surface area contributed by atoms with Crippen LogP contribution in [0.3, 0.4) is 0 Å². The SMILES string of the molecule is COC(=O)c1[nH]nc2c1C(c1ccc(OC)c(OC)c1)C(C#N)=C(N)O2. The minimum absolute atomic E-state index is 0.0808. The molecule has 1 aromatic heterocycles. The quantitative estimate of drug-likeness (QED) is 0.786. The number of carbonyl (C=O) groups is 1. The highest BCUT2D eigenvalue weighted by molar-refractivity contribution is 5.90. The summed E-state index contributed by atoms with van der Waals surface area (Å²) in [5.74, 6) is -0.289. The zero-order valence-electron chi connectivity index (χ0n) is 14.3. The molecule has 0 radical (unpaired) electrons. The van der Waals surface area contributed by atoms with E-state index in [4.69, 9.17) is 24.7 Å². The van der Waals surface area contributed by atoms with Gasteiger partial charge in [-0.15, -0.1) is 5.10 Å². The molecule has 9 nitrogen and oxygen atoms in total. The molecule has 2 aromatic rings. The number of allylic oxidation sites excluding steroid dienone is 1. The third kappa shape index (κ3) is 2.57. The summed E-state index contributed by atoms with van der Waals surface area (Å²) in [7, 11) is 4.28. The van der Waals surface area contributed by atoms with E-state index in [1.165, 1.54) is 21.3 Å². The molecule has 134 valence electrons. The van der Waals surface area contributed by atoms with Gasteiger partial charge in [-0.25, -0.2) is 4.79 Å². The van der Waals surface area contributed by atoms with Gasteiger partial charge in [0.1, 0.15) is 11.6 Å². The van der Waals surface area contributed by atoms with Crippen LogP contribution in [0.2, 0.25) is 0 Å². The molecule has 0 aliphatic carbocycles. The fourth-order valence-corrected chi connectivity index (χ4v) is 2.87. The van der Waals surface area contributed by atoms with Gasteiger partial charge in [0.25, 0.3) is 0 Å². The van der Waals surface area contributed by atoms with Crippen LogP contribution < -0.4 is 19.9 Å². The lowest BCUT2D eigenvalue weighted by Gasteiger charge is -2.24. The van der Waals surface area contributed by atoms with E-state index in [1.54, 1.807) is 18.2 Å². The van der Waals surface area contributed by atoms with E-state index >= 15 is 0 Å². The van der Waals surface area contributed by atoms with Crippen molar-refractivity contribution in [2.45, 2.75) is 5.92 Å². The molecule has 1 aliphatic rings. The van der Waals surface area contributed by atoms with Gasteiger partial charge in [0.2, 0.25) is 11.8 Å². The Hall–Kier alpha value is -3.67. The second-order valence-electron chi connectivity index (χ2n) is 5.35. The van der Waals surface area contributed by atoms with E-state index in [9.17, 15) is 10.1 Å². The van der Waals surface area contributed by atoms with Gasteiger partial charge < -0.3 is 24.7 Å². The summed E-state index contributed by atoms with van der Waals surface area (Å²) in [6.45, 7) is 0. The van der Waals surface area contributed by atoms with Gasteiger partial charge in [-0.05, 0) is 17.7 Å². The Bertz CT molecular complexity index is 941. The number of carbonyl (C=O) groups excluding carboxylic acids is 1. The molecule has 0 bridgehead atoms. The van der Waals surface area contributed by atoms with Crippen molar-refractivity contribution in [3.05, 3.63) is 46.5 Å². The molecule has 0 saturated heterocycles. The van der Waals surface area contributed by atoms with Gasteiger partial charge in [0, 0.05) is 0 Å². The number of aromatic nitrogens is 2. The van der Waals surface area contributed by atoms with Crippen molar-refractivity contribution >= 4 is 5.97 Å². The van der Waals surface area contributed by atoms with Crippen LogP contribution in [0.1, 0.15) is 27.5 Å². The molecule has 1 unspecified atom stereocenters. The number of aromatic amines is 1. The number of esters is 1. The Balaban J connectivity index is 2.24. The van der Waals surface area contributed by atoms with Crippen molar-refractivity contribution in [3.8, 4) is 23.4 Å². The first-order valence-corrected chi connectivity index (χ1v) is 7.51. The maximum absolute atomic E-state index is 12.1. The smallest absolute Gasteiger partial charge is 0.356 e. The van der Waals surface area contributed by atoms with Crippen molar-refractivity contribution in [2.24, 2.45) is 5.73 Å². The van der Waals surface area contributed by atoms with Gasteiger partial charge >= 0.3 is 5.97 Å². The van der Waals surface area contributed by atoms with Crippen LogP contribution in [-0.4, -0.2) is 37.5 Å². The number of benzene rings is 1. The topological polar surface area (TPSA) is 132 Å². The van der Waals surface area contributed by atoms with E-state index in [1.807, 2.05) is 6.07 Å². The molecule has 0 amide bonds. The number of nitrogens with one attached hydrogen (secondary N) is 1. The van der Waals surface area contributed by atoms with E-state index in [0.29, 0.717) is 22.6 Å². The van der Waals surface area contributed by atoms with Crippen LogP contribution in [0.5, 0.6) is 17.4 Å². The Morgan fingerprint density at radius 1 is 1.31 bits per heavy atom. The number of fused-ring (bicyclic) bond motifs is 1. The fourth-order valence-electron chi connectivity index (χ4n) is 2.87. The first-order chi connectivity index (χ1) is 12.5. The molecule has 1 aliphatic heterocycles. The number of hydrogen-bond donors (Lipinski definition) is 2. The Labute approximate surface area is 148 Å². The number of hydrogen-bond acceptors (Lipinski definition) is 8. The highest BCUT2D eigenvalue weighted by Crippen LogP contribution is 2.44. The van der Waals surface area contributed by atoms with Crippen molar-refractivity contribution in [2.75, 3.05) is 21.3 Å². The monoisotopic (exact) mass is 356 g/mol. The van der Waals surface area contributed by atoms with Gasteiger partial charge in [-0.1, -0.05) is 6.07 Å². The first kappa shape index (κ1) is 17.2. The molecule has 0 spiro atoms. The van der Waals surface area contributed by atoms with Crippen molar-refractivity contribution in [1.29, 1.82) is 5.26 Å². The minimum Gasteiger partial charge on any atom is -0.493 e. The fraction of sp³-hybridized carbons (Fsp3) is 0.235. The third-order valence-electron chi connectivity index (χ3n) is 4.07. The summed E-state index contributed by atoms with van der Waals surface area (Å²) in [4.78, 5) is 12.1. The minimum atomic E-state index is -0.684. The maximum Gasteiger partial charge on any atom is 0.356 e. The number of nitrogens with two attached hydrogens (primary N) is 1. The van der Waals surface area contributed by atoms with Crippen LogP contribution in [0.15, 0.2) is 29.7 Å². The Kier molecular flexibility index (Phi) is 4.41. The lowest BCUT2D eigenvalue weighted by Crippen LogP contribution is -2.22. The van der Waals surface area contributed by atoms with E-state index in [0.717, 1.165) is 0 Å². The average molecular weight is 356 g/mol. The number of ether oxygens (including phenoxy) is 4. The van der Waals surface area contributed by atoms with Crippen molar-refractivity contribution in [1.82, 2.24) is 10.2 Å². The third-order valence-corrected chi connectivity index (χ3v) is 4.07. The summed E-state index contributed by atoms with van der Waals surface area (Å²) < 4.78 is 20.7. The van der Waals surface area contributed by atoms with Crippen LogP contribution in [0.4, 0.5) is 0 Å². The van der Waals surface area contributed by atoms with Crippen molar-refractivity contribution < 1.29 is 23.7 Å². The standard InChI is InChI=1S/C17H16N4O5/c1-23-10-5-4-8(6-11(10)24-2)12-9(7-18)15(19)26-16-13(12)14(20-21-16)17(22)25-3/h4-6,12H,19H2,1-3H3,(H,20,21). The Morgan fingerprint density at radius 2 is 2.04 bits per heavy atom. The zero-order chi connectivity index (χ0) is 18.8. The van der Waals surface area contributed by atoms with Crippen LogP contribution in [-0.2, 0) is 4.74 Å². The molecular weight excluding hydrogens is 340 g/mol. The van der Waals surface area contributed by atoms with Gasteiger partial charge in [-0.2, -0.15) is 5.26 Å². The molecule has 0 fully saturated rings. The summed E-state index contributed by atoms with van der Waals surface area (Å²) in [6, 6.07) is 7.20. The summed E-state index contributed by atoms with van der Waals surface area (Å²) in [5.41, 5.74) is 7.14. The lowest BCUT2D eigenvalue weighted by atomic mass is 9.84. The van der Waals surface area contributed by atoms with E-state index in [-0.39, 0.29) is 23.0 Å². The summed E-state index contributed by atoms with van der Waals surface area (Å²) in [6.07, 6.45) is 0. The molecule has 3 N–H and O–H groups in total. The van der Waals surface area contributed by atoms with Crippen LogP contribution in [0, 0.1) is 11.3 Å². The summed E-state index contributed by atoms with van der Waals surface area (Å²) in [5, 5.41) is 16.2. The number of nitriles is 1. The molecule has 3 rings (SSSR count). The maximum atomic E-state index is 12.1. The number of rotatable bonds is 4. The van der Waals surface area contributed by atoms with Crippen LogP contribution in [0.25, 0.3) is 0 Å². The van der Waals surface area contributed by atoms with Gasteiger partial charge in [0.05, 0.1) is 32.8 Å². The van der Waals surface area contributed by atoms with Crippen LogP contribution >= 0.6 is 0 Å². The lowest BCUT2D eigenvalue weighted by molar-refractivity contribution is 0.0592. The predicted molar refractivity (Wildman–Crippen MR) is 88.8 cm³/mol. The number of H-pyrrole nitrogens is 1. The second kappa shape index (κ2) is 6.68. The second-order valence-corrected chi connectivity index (χ2v) is 5.35. The molecule has 9 heteroatoms. The summed E-state index contributed by atoms with van der Waals surface area (Å²) >= 11 is 0. The highest BCUT2D eigenvalue weighted by Gasteiger charge is 2.37. The van der Waals surface area contributed by atoms with E-state index < -0.39 is 11.9 Å². The molecular formula is C17H16N4O5. The molecule has 1 atom stereocenters. The van der Waals surface area contributed by atoms with Crippen molar-refractivity contribution in [3.63, 3.8) is 0 Å². The number of methoxy groups -OCH3 is 3. The Morgan fingerprint density at radius 3 is 2.65 bits per heavy atom. The van der Waals surface area contributed by atoms with Gasteiger partial charge in [0.15, 0.2) is 17.2 Å². The molecule has 26 heavy (non-hydrogen) atoms.